The maximum Gasteiger partial charge on any atom is 0.243 e. The number of hydrogen-bond donors (Lipinski definition) is 1. The quantitative estimate of drug-likeness (QED) is 0.658. The van der Waals surface area contributed by atoms with Crippen molar-refractivity contribution in [1.82, 2.24) is 19.2 Å². The van der Waals surface area contributed by atoms with E-state index < -0.39 is 10.0 Å². The lowest BCUT2D eigenvalue weighted by atomic mass is 9.97. The van der Waals surface area contributed by atoms with E-state index in [0.29, 0.717) is 57.2 Å². The number of ether oxygens (including phenoxy) is 2. The van der Waals surface area contributed by atoms with Crippen molar-refractivity contribution in [2.24, 2.45) is 5.92 Å². The summed E-state index contributed by atoms with van der Waals surface area (Å²) in [5.74, 6) is 0.845. The van der Waals surface area contributed by atoms with E-state index in [1.807, 2.05) is 10.8 Å². The molecule has 4 rings (SSSR count). The van der Waals surface area contributed by atoms with Crippen molar-refractivity contribution in [2.75, 3.05) is 32.8 Å². The summed E-state index contributed by atoms with van der Waals surface area (Å²) in [5, 5.41) is 2.96. The van der Waals surface area contributed by atoms with Crippen molar-refractivity contribution < 1.29 is 22.7 Å². The first-order valence-corrected chi connectivity index (χ1v) is 11.6. The maximum atomic E-state index is 13.0. The lowest BCUT2D eigenvalue weighted by Gasteiger charge is -2.30. The molecule has 2 aliphatic rings. The molecule has 9 nitrogen and oxygen atoms in total. The highest BCUT2D eigenvalue weighted by Crippen LogP contribution is 2.34. The molecule has 0 aliphatic carbocycles. The highest BCUT2D eigenvalue weighted by Gasteiger charge is 2.32. The Morgan fingerprint density at radius 1 is 1.17 bits per heavy atom. The third-order valence-corrected chi connectivity index (χ3v) is 7.32. The molecule has 1 fully saturated rings. The number of nitrogens with zero attached hydrogens (tertiary/aromatic N) is 3. The van der Waals surface area contributed by atoms with Gasteiger partial charge >= 0.3 is 0 Å². The molecule has 2 aliphatic heterocycles. The Morgan fingerprint density at radius 2 is 1.93 bits per heavy atom. The standard InChI is InChI=1S/C20H26N4O5S/c25-20(22-6-1-8-23-11-7-21-15-23)16-4-9-24(10-5-16)30(26,27)17-2-3-18-19(14-17)29-13-12-28-18/h2-3,7,11,14-16H,1,4-6,8-10,12-13H2,(H,22,25). The molecule has 30 heavy (non-hydrogen) atoms. The van der Waals surface area contributed by atoms with Crippen molar-refractivity contribution in [2.45, 2.75) is 30.7 Å². The van der Waals surface area contributed by atoms with Crippen LogP contribution in [0, 0.1) is 5.92 Å². The van der Waals surface area contributed by atoms with Crippen LogP contribution in [-0.2, 0) is 21.4 Å². The molecule has 1 N–H and O–H groups in total. The number of nitrogens with one attached hydrogen (secondary N) is 1. The van der Waals surface area contributed by atoms with Crippen molar-refractivity contribution >= 4 is 15.9 Å². The third-order valence-electron chi connectivity index (χ3n) is 5.43. The predicted octanol–water partition coefficient (Wildman–Crippen LogP) is 1.26. The predicted molar refractivity (Wildman–Crippen MR) is 109 cm³/mol. The van der Waals surface area contributed by atoms with Crippen LogP contribution in [0.3, 0.4) is 0 Å². The zero-order chi connectivity index (χ0) is 21.0. The Balaban J connectivity index is 1.27. The molecule has 1 saturated heterocycles. The second kappa shape index (κ2) is 9.05. The molecule has 3 heterocycles. The summed E-state index contributed by atoms with van der Waals surface area (Å²) in [6.07, 6.45) is 7.21. The Labute approximate surface area is 176 Å². The molecule has 0 radical (unpaired) electrons. The molecule has 1 aromatic heterocycles. The third kappa shape index (κ3) is 4.59. The van der Waals surface area contributed by atoms with E-state index in [2.05, 4.69) is 10.3 Å². The monoisotopic (exact) mass is 434 g/mol. The van der Waals surface area contributed by atoms with Crippen LogP contribution in [0.1, 0.15) is 19.3 Å². The molecule has 0 unspecified atom stereocenters. The molecule has 162 valence electrons. The number of amides is 1. The Hall–Kier alpha value is -2.59. The van der Waals surface area contributed by atoms with Gasteiger partial charge in [-0.3, -0.25) is 4.79 Å². The van der Waals surface area contributed by atoms with Crippen LogP contribution in [0.2, 0.25) is 0 Å². The number of hydrogen-bond acceptors (Lipinski definition) is 6. The van der Waals surface area contributed by atoms with Gasteiger partial charge in [0.15, 0.2) is 11.5 Å². The summed E-state index contributed by atoms with van der Waals surface area (Å²) in [6.45, 7) is 2.89. The lowest BCUT2D eigenvalue weighted by Crippen LogP contribution is -2.43. The summed E-state index contributed by atoms with van der Waals surface area (Å²) < 4.78 is 40.4. The average molecular weight is 435 g/mol. The van der Waals surface area contributed by atoms with Crippen molar-refractivity contribution in [3.63, 3.8) is 0 Å². The molecular weight excluding hydrogens is 408 g/mol. The van der Waals surface area contributed by atoms with Crippen molar-refractivity contribution in [3.8, 4) is 11.5 Å². The highest BCUT2D eigenvalue weighted by molar-refractivity contribution is 7.89. The second-order valence-electron chi connectivity index (χ2n) is 7.43. The number of aromatic nitrogens is 2. The van der Waals surface area contributed by atoms with Gasteiger partial charge in [-0.15, -0.1) is 0 Å². The molecule has 1 amide bonds. The van der Waals surface area contributed by atoms with Crippen LogP contribution in [0.4, 0.5) is 0 Å². The number of carbonyl (C=O) groups excluding carboxylic acids is 1. The van der Waals surface area contributed by atoms with E-state index in [1.165, 1.54) is 10.4 Å². The van der Waals surface area contributed by atoms with Gasteiger partial charge in [0.05, 0.1) is 11.2 Å². The molecular formula is C20H26N4O5S. The summed E-state index contributed by atoms with van der Waals surface area (Å²) >= 11 is 0. The number of rotatable bonds is 7. The highest BCUT2D eigenvalue weighted by atomic mass is 32.2. The number of carbonyl (C=O) groups is 1. The Morgan fingerprint density at radius 3 is 2.67 bits per heavy atom. The van der Waals surface area contributed by atoms with Crippen molar-refractivity contribution in [1.29, 1.82) is 0 Å². The van der Waals surface area contributed by atoms with E-state index in [4.69, 9.17) is 9.47 Å². The van der Waals surface area contributed by atoms with Crippen LogP contribution < -0.4 is 14.8 Å². The fourth-order valence-electron chi connectivity index (χ4n) is 3.73. The van der Waals surface area contributed by atoms with Crippen LogP contribution >= 0.6 is 0 Å². The van der Waals surface area contributed by atoms with E-state index in [9.17, 15) is 13.2 Å². The van der Waals surface area contributed by atoms with E-state index in [1.54, 1.807) is 24.7 Å². The Kier molecular flexibility index (Phi) is 6.24. The first-order valence-electron chi connectivity index (χ1n) is 10.2. The minimum atomic E-state index is -3.63. The van der Waals surface area contributed by atoms with Gasteiger partial charge in [0.25, 0.3) is 0 Å². The van der Waals surface area contributed by atoms with E-state index in [0.717, 1.165) is 13.0 Å². The zero-order valence-electron chi connectivity index (χ0n) is 16.7. The molecule has 1 aromatic carbocycles. The molecule has 0 atom stereocenters. The fourth-order valence-corrected chi connectivity index (χ4v) is 5.21. The van der Waals surface area contributed by atoms with Gasteiger partial charge in [-0.05, 0) is 31.4 Å². The van der Waals surface area contributed by atoms with Gasteiger partial charge in [-0.2, -0.15) is 4.31 Å². The number of aryl methyl sites for hydroxylation is 1. The van der Waals surface area contributed by atoms with Gasteiger partial charge in [-0.1, -0.05) is 0 Å². The van der Waals surface area contributed by atoms with Crippen LogP contribution in [0.15, 0.2) is 41.8 Å². The Bertz CT molecular complexity index is 969. The largest absolute Gasteiger partial charge is 0.486 e. The van der Waals surface area contributed by atoms with Crippen LogP contribution in [0.5, 0.6) is 11.5 Å². The van der Waals surface area contributed by atoms with E-state index >= 15 is 0 Å². The van der Waals surface area contributed by atoms with E-state index in [-0.39, 0.29) is 16.7 Å². The number of fused-ring (bicyclic) bond motifs is 1. The normalized spacial score (nSPS) is 17.6. The van der Waals surface area contributed by atoms with Gasteiger partial charge in [0, 0.05) is 50.6 Å². The molecule has 0 bridgehead atoms. The SMILES string of the molecule is O=C(NCCCn1ccnc1)C1CCN(S(=O)(=O)c2ccc3c(c2)OCCO3)CC1. The molecule has 0 saturated carbocycles. The van der Waals surface area contributed by atoms with Gasteiger partial charge in [0.2, 0.25) is 15.9 Å². The minimum Gasteiger partial charge on any atom is -0.486 e. The molecule has 0 spiro atoms. The van der Waals surface area contributed by atoms with Gasteiger partial charge in [0.1, 0.15) is 13.2 Å². The average Bonchev–Trinajstić information content (AvgIpc) is 3.30. The summed E-state index contributed by atoms with van der Waals surface area (Å²) in [7, 11) is -3.63. The minimum absolute atomic E-state index is 0.00277. The first-order chi connectivity index (χ1) is 14.5. The number of piperidine rings is 1. The smallest absolute Gasteiger partial charge is 0.243 e. The van der Waals surface area contributed by atoms with Gasteiger partial charge in [-0.25, -0.2) is 13.4 Å². The van der Waals surface area contributed by atoms with Crippen LogP contribution in [0.25, 0.3) is 0 Å². The first kappa shape index (κ1) is 20.7. The summed E-state index contributed by atoms with van der Waals surface area (Å²) in [4.78, 5) is 16.6. The second-order valence-corrected chi connectivity index (χ2v) is 9.37. The van der Waals surface area contributed by atoms with Crippen molar-refractivity contribution in [3.05, 3.63) is 36.9 Å². The lowest BCUT2D eigenvalue weighted by molar-refractivity contribution is -0.126. The maximum absolute atomic E-state index is 13.0. The topological polar surface area (TPSA) is 103 Å². The summed E-state index contributed by atoms with van der Waals surface area (Å²) in [5.41, 5.74) is 0. The number of imidazole rings is 1. The zero-order valence-corrected chi connectivity index (χ0v) is 17.5. The fraction of sp³-hybridized carbons (Fsp3) is 0.500. The molecule has 2 aromatic rings. The summed E-state index contributed by atoms with van der Waals surface area (Å²) in [6, 6.07) is 4.69. The van der Waals surface area contributed by atoms with Crippen LogP contribution in [-0.4, -0.2) is 61.0 Å². The van der Waals surface area contributed by atoms with Gasteiger partial charge < -0.3 is 19.4 Å². The molecule has 10 heteroatoms. The number of sulfonamides is 1. The number of benzene rings is 1.